The predicted octanol–water partition coefficient (Wildman–Crippen LogP) is 0.124. The Morgan fingerprint density at radius 3 is 1.78 bits per heavy atom. The highest BCUT2D eigenvalue weighted by atomic mass is 19.4. The van der Waals surface area contributed by atoms with Crippen molar-refractivity contribution in [1.82, 2.24) is 0 Å². The first-order valence-electron chi connectivity index (χ1n) is 1.78. The molecule has 6 heteroatoms. The largest absolute Gasteiger partial charge is 0.480 e. The van der Waals surface area contributed by atoms with Gasteiger partial charge in [0, 0.05) is 0 Å². The fraction of sp³-hybridized carbons (Fsp3) is 0.333. The van der Waals surface area contributed by atoms with Crippen molar-refractivity contribution in [1.29, 1.82) is 0 Å². The van der Waals surface area contributed by atoms with Crippen LogP contribution in [0.2, 0.25) is 0 Å². The number of hydrogen-bond donors (Lipinski definition) is 2. The molecule has 0 heterocycles. The second-order valence-corrected chi connectivity index (χ2v) is 1.22. The van der Waals surface area contributed by atoms with Gasteiger partial charge in [-0.2, -0.15) is 13.2 Å². The maximum absolute atomic E-state index is 11.2. The molecule has 1 radical (unpaired) electrons. The molecule has 3 N–H and O–H groups in total. The fourth-order valence-corrected chi connectivity index (χ4v) is 0.121. The van der Waals surface area contributed by atoms with Crippen LogP contribution in [0.25, 0.3) is 0 Å². The third-order valence-electron chi connectivity index (χ3n) is 0.536. The molecule has 0 bridgehead atoms. The maximum atomic E-state index is 11.2. The van der Waals surface area contributed by atoms with Crippen molar-refractivity contribution < 1.29 is 23.1 Å². The number of carboxylic acids is 1. The van der Waals surface area contributed by atoms with Gasteiger partial charge in [-0.1, -0.05) is 0 Å². The molecule has 0 aromatic rings. The van der Waals surface area contributed by atoms with Crippen LogP contribution in [-0.2, 0) is 4.79 Å². The summed E-state index contributed by atoms with van der Waals surface area (Å²) in [5, 5.41) is 7.64. The normalized spacial score (nSPS) is 12.1. The average Bonchev–Trinajstić information content (AvgIpc) is 1.62. The van der Waals surface area contributed by atoms with Gasteiger partial charge >= 0.3 is 12.1 Å². The number of carboxylic acid groups (broad SMARTS) is 1. The van der Waals surface area contributed by atoms with Crippen LogP contribution in [0.5, 0.6) is 0 Å². The summed E-state index contributed by atoms with van der Waals surface area (Å²) < 4.78 is 33.5. The van der Waals surface area contributed by atoms with Crippen LogP contribution in [0.1, 0.15) is 0 Å². The van der Waals surface area contributed by atoms with Gasteiger partial charge in [0.1, 0.15) is 0 Å². The number of alkyl halides is 3. The summed E-state index contributed by atoms with van der Waals surface area (Å²) in [6, 6.07) is -2.00. The highest BCUT2D eigenvalue weighted by molar-refractivity contribution is 5.82. The zero-order valence-corrected chi connectivity index (χ0v) is 4.07. The molecule has 0 unspecified atom stereocenters. The molecule has 0 aliphatic rings. The highest BCUT2D eigenvalue weighted by Gasteiger charge is 2.43. The Labute approximate surface area is 48.3 Å². The van der Waals surface area contributed by atoms with Crippen LogP contribution in [0, 0.1) is 6.04 Å². The molecule has 0 saturated heterocycles. The molecule has 0 spiro atoms. The van der Waals surface area contributed by atoms with E-state index in [9.17, 15) is 18.0 Å². The van der Waals surface area contributed by atoms with Crippen molar-refractivity contribution in [2.24, 2.45) is 5.73 Å². The zero-order valence-electron chi connectivity index (χ0n) is 4.07. The minimum absolute atomic E-state index is 2.00. The lowest BCUT2D eigenvalue weighted by atomic mass is 10.3. The summed E-state index contributed by atoms with van der Waals surface area (Å²) >= 11 is 0. The van der Waals surface area contributed by atoms with Crippen molar-refractivity contribution in [3.05, 3.63) is 6.04 Å². The van der Waals surface area contributed by atoms with E-state index in [1.54, 1.807) is 0 Å². The summed E-state index contributed by atoms with van der Waals surface area (Å²) in [5.74, 6) is -2.15. The number of halogens is 3. The Morgan fingerprint density at radius 2 is 1.78 bits per heavy atom. The minimum Gasteiger partial charge on any atom is -0.480 e. The topological polar surface area (TPSA) is 63.3 Å². The zero-order chi connectivity index (χ0) is 7.65. The van der Waals surface area contributed by atoms with E-state index < -0.39 is 18.2 Å². The molecular weight excluding hydrogens is 139 g/mol. The molecule has 0 aliphatic heterocycles. The van der Waals surface area contributed by atoms with Gasteiger partial charge in [0.15, 0.2) is 0 Å². The van der Waals surface area contributed by atoms with Gasteiger partial charge in [-0.05, 0) is 0 Å². The summed E-state index contributed by atoms with van der Waals surface area (Å²) in [6.45, 7) is 0. The second-order valence-electron chi connectivity index (χ2n) is 1.22. The quantitative estimate of drug-likeness (QED) is 0.546. The lowest BCUT2D eigenvalue weighted by Crippen LogP contribution is -2.35. The van der Waals surface area contributed by atoms with Crippen LogP contribution in [-0.4, -0.2) is 17.3 Å². The summed E-state index contributed by atoms with van der Waals surface area (Å²) in [5.41, 5.74) is 4.09. The van der Waals surface area contributed by atoms with Gasteiger partial charge in [0.2, 0.25) is 6.04 Å². The molecule has 0 amide bonds. The first-order valence-corrected chi connectivity index (χ1v) is 1.78. The van der Waals surface area contributed by atoms with Crippen molar-refractivity contribution in [3.63, 3.8) is 0 Å². The lowest BCUT2D eigenvalue weighted by Gasteiger charge is -2.07. The van der Waals surface area contributed by atoms with Crippen LogP contribution in [0.4, 0.5) is 13.2 Å². The third-order valence-corrected chi connectivity index (χ3v) is 0.536. The Hall–Kier alpha value is -0.780. The van der Waals surface area contributed by atoms with E-state index in [2.05, 4.69) is 5.73 Å². The monoisotopic (exact) mass is 142 g/mol. The van der Waals surface area contributed by atoms with E-state index in [4.69, 9.17) is 5.11 Å². The van der Waals surface area contributed by atoms with E-state index in [1.165, 1.54) is 0 Å². The molecule has 0 fully saturated rings. The van der Waals surface area contributed by atoms with E-state index in [0.29, 0.717) is 0 Å². The van der Waals surface area contributed by atoms with Crippen LogP contribution in [0.15, 0.2) is 0 Å². The first kappa shape index (κ1) is 8.22. The van der Waals surface area contributed by atoms with Crippen molar-refractivity contribution in [3.8, 4) is 0 Å². The first-order chi connectivity index (χ1) is 3.85. The summed E-state index contributed by atoms with van der Waals surface area (Å²) in [7, 11) is 0. The molecule has 0 saturated carbocycles. The van der Waals surface area contributed by atoms with E-state index in [-0.39, 0.29) is 0 Å². The number of hydrogen-bond acceptors (Lipinski definition) is 2. The Morgan fingerprint density at radius 1 is 1.44 bits per heavy atom. The van der Waals surface area contributed by atoms with E-state index >= 15 is 0 Å². The molecule has 3 nitrogen and oxygen atoms in total. The molecule has 53 valence electrons. The third kappa shape index (κ3) is 2.31. The number of carbonyl (C=O) groups is 1. The van der Waals surface area contributed by atoms with Gasteiger partial charge < -0.3 is 10.8 Å². The number of aliphatic carboxylic acids is 1. The molecule has 0 atom stereocenters. The molecule has 0 aromatic carbocycles. The van der Waals surface area contributed by atoms with Gasteiger partial charge in [0.25, 0.3) is 0 Å². The maximum Gasteiger partial charge on any atom is 0.420 e. The Balaban J connectivity index is 4.04. The van der Waals surface area contributed by atoms with E-state index in [0.717, 1.165) is 0 Å². The SMILES string of the molecule is N[C](C(=O)O)C(F)(F)F. The molecular formula is C3H3F3NO2. The van der Waals surface area contributed by atoms with Gasteiger partial charge in [-0.25, -0.2) is 4.79 Å². The predicted molar refractivity (Wildman–Crippen MR) is 21.1 cm³/mol. The molecule has 9 heavy (non-hydrogen) atoms. The Bertz CT molecular complexity index is 121. The van der Waals surface area contributed by atoms with Gasteiger partial charge in [0.05, 0.1) is 0 Å². The second kappa shape index (κ2) is 2.22. The minimum atomic E-state index is -4.92. The summed E-state index contributed by atoms with van der Waals surface area (Å²) in [4.78, 5) is 9.46. The summed E-state index contributed by atoms with van der Waals surface area (Å²) in [6.07, 6.45) is -4.92. The van der Waals surface area contributed by atoms with Crippen molar-refractivity contribution in [2.45, 2.75) is 6.18 Å². The molecule has 0 rings (SSSR count). The van der Waals surface area contributed by atoms with Gasteiger partial charge in [-0.3, -0.25) is 0 Å². The molecule has 0 aromatic heterocycles. The van der Waals surface area contributed by atoms with Crippen LogP contribution >= 0.6 is 0 Å². The average molecular weight is 142 g/mol. The Kier molecular flexibility index (Phi) is 2.03. The van der Waals surface area contributed by atoms with Crippen LogP contribution < -0.4 is 5.73 Å². The number of nitrogens with two attached hydrogens (primary N) is 1. The van der Waals surface area contributed by atoms with E-state index in [1.807, 2.05) is 0 Å². The lowest BCUT2D eigenvalue weighted by molar-refractivity contribution is -0.155. The van der Waals surface area contributed by atoms with Gasteiger partial charge in [-0.15, -0.1) is 0 Å². The fourth-order valence-electron chi connectivity index (χ4n) is 0.121. The standard InChI is InChI=1S/C3H3F3NO2/c4-3(5,6)1(7)2(8)9/h7H2,(H,8,9). The smallest absolute Gasteiger partial charge is 0.420 e. The highest BCUT2D eigenvalue weighted by Crippen LogP contribution is 2.23. The van der Waals surface area contributed by atoms with Crippen molar-refractivity contribution >= 4 is 5.97 Å². The van der Waals surface area contributed by atoms with Crippen molar-refractivity contribution in [2.75, 3.05) is 0 Å². The number of rotatable bonds is 1. The van der Waals surface area contributed by atoms with Crippen LogP contribution in [0.3, 0.4) is 0 Å². The molecule has 0 aliphatic carbocycles.